The van der Waals surface area contributed by atoms with Crippen LogP contribution in [0.3, 0.4) is 0 Å². The molecule has 0 aliphatic rings. The summed E-state index contributed by atoms with van der Waals surface area (Å²) in [5, 5.41) is 16.9. The highest BCUT2D eigenvalue weighted by Crippen LogP contribution is 1.73. The first kappa shape index (κ1) is 9.78. The number of hydrogen-bond donors (Lipinski definition) is 2. The van der Waals surface area contributed by atoms with Crippen molar-refractivity contribution in [2.45, 2.75) is 13.0 Å². The van der Waals surface area contributed by atoms with Crippen LogP contribution in [-0.2, 0) is 0 Å². The summed E-state index contributed by atoms with van der Waals surface area (Å²) in [5.41, 5.74) is 0. The van der Waals surface area contributed by atoms with Crippen LogP contribution in [0.4, 0.5) is 0 Å². The van der Waals surface area contributed by atoms with Crippen molar-refractivity contribution >= 4 is 0 Å². The summed E-state index contributed by atoms with van der Waals surface area (Å²) in [6.45, 7) is 1.44. The van der Waals surface area contributed by atoms with Crippen molar-refractivity contribution in [3.63, 3.8) is 0 Å². The van der Waals surface area contributed by atoms with E-state index in [-0.39, 0.29) is 6.61 Å². The first-order valence-corrected chi connectivity index (χ1v) is 3.20. The molecule has 0 aromatic rings. The number of aliphatic hydroxyl groups is 2. The van der Waals surface area contributed by atoms with Gasteiger partial charge in [0.15, 0.2) is 0 Å². The van der Waals surface area contributed by atoms with Gasteiger partial charge in [0.25, 0.3) is 0 Å². The van der Waals surface area contributed by atoms with E-state index in [1.807, 2.05) is 0 Å². The molecule has 0 heterocycles. The van der Waals surface area contributed by atoms with Gasteiger partial charge in [-0.1, -0.05) is 23.7 Å². The van der Waals surface area contributed by atoms with Crippen LogP contribution in [0.1, 0.15) is 6.92 Å². The molecule has 0 aliphatic heterocycles. The molecule has 0 aromatic carbocycles. The SMILES string of the molecule is C[C@@H](O)C#C/C=C\C#CCO. The Balaban J connectivity index is 3.71. The monoisotopic (exact) mass is 150 g/mol. The molecule has 0 rings (SSSR count). The van der Waals surface area contributed by atoms with Crippen LogP contribution in [0.2, 0.25) is 0 Å². The topological polar surface area (TPSA) is 40.5 Å². The minimum atomic E-state index is -0.606. The number of allylic oxidation sites excluding steroid dienone is 2. The lowest BCUT2D eigenvalue weighted by Gasteiger charge is -1.83. The Morgan fingerprint density at radius 2 is 2.00 bits per heavy atom. The van der Waals surface area contributed by atoms with Crippen LogP contribution in [0.15, 0.2) is 12.2 Å². The van der Waals surface area contributed by atoms with Gasteiger partial charge in [-0.25, -0.2) is 0 Å². The van der Waals surface area contributed by atoms with Crippen molar-refractivity contribution in [3.8, 4) is 23.7 Å². The highest BCUT2D eigenvalue weighted by atomic mass is 16.3. The van der Waals surface area contributed by atoms with Gasteiger partial charge in [-0.3, -0.25) is 0 Å². The third-order valence-electron chi connectivity index (χ3n) is 0.723. The van der Waals surface area contributed by atoms with Gasteiger partial charge in [-0.2, -0.15) is 0 Å². The zero-order valence-corrected chi connectivity index (χ0v) is 6.33. The highest BCUT2D eigenvalue weighted by Gasteiger charge is 1.78. The summed E-state index contributed by atoms with van der Waals surface area (Å²) in [6, 6.07) is 0. The summed E-state index contributed by atoms with van der Waals surface area (Å²) in [4.78, 5) is 0. The lowest BCUT2D eigenvalue weighted by molar-refractivity contribution is 0.253. The van der Waals surface area contributed by atoms with Crippen LogP contribution in [-0.4, -0.2) is 22.9 Å². The normalized spacial score (nSPS) is 11.2. The van der Waals surface area contributed by atoms with E-state index < -0.39 is 6.10 Å². The summed E-state index contributed by atoms with van der Waals surface area (Å²) in [5.74, 6) is 10.1. The Hall–Kier alpha value is -1.22. The lowest BCUT2D eigenvalue weighted by atomic mass is 10.4. The van der Waals surface area contributed by atoms with E-state index in [4.69, 9.17) is 10.2 Å². The molecule has 0 radical (unpaired) electrons. The van der Waals surface area contributed by atoms with Gasteiger partial charge >= 0.3 is 0 Å². The van der Waals surface area contributed by atoms with Gasteiger partial charge in [0.1, 0.15) is 12.7 Å². The molecule has 0 saturated carbocycles. The zero-order valence-electron chi connectivity index (χ0n) is 6.33. The second kappa shape index (κ2) is 6.89. The molecule has 2 heteroatoms. The van der Waals surface area contributed by atoms with Gasteiger partial charge in [0.05, 0.1) is 0 Å². The summed E-state index contributed by atoms with van der Waals surface area (Å²) in [7, 11) is 0. The second-order valence-corrected chi connectivity index (χ2v) is 1.78. The Kier molecular flexibility index (Phi) is 6.13. The van der Waals surface area contributed by atoms with E-state index in [2.05, 4.69) is 23.7 Å². The molecule has 0 saturated heterocycles. The van der Waals surface area contributed by atoms with Crippen LogP contribution in [0, 0.1) is 23.7 Å². The fourth-order valence-corrected chi connectivity index (χ4v) is 0.357. The largest absolute Gasteiger partial charge is 0.384 e. The fourth-order valence-electron chi connectivity index (χ4n) is 0.357. The molecule has 0 fully saturated rings. The highest BCUT2D eigenvalue weighted by molar-refractivity contribution is 5.25. The molecule has 0 aromatic heterocycles. The van der Waals surface area contributed by atoms with Crippen molar-refractivity contribution in [2.75, 3.05) is 6.61 Å². The van der Waals surface area contributed by atoms with Crippen molar-refractivity contribution in [1.82, 2.24) is 0 Å². The predicted molar refractivity (Wildman–Crippen MR) is 43.5 cm³/mol. The molecule has 2 nitrogen and oxygen atoms in total. The van der Waals surface area contributed by atoms with E-state index in [9.17, 15) is 0 Å². The zero-order chi connectivity index (χ0) is 8.53. The molecule has 0 amide bonds. The Morgan fingerprint density at radius 1 is 1.36 bits per heavy atom. The molecule has 2 N–H and O–H groups in total. The number of aliphatic hydroxyl groups excluding tert-OH is 2. The smallest absolute Gasteiger partial charge is 0.112 e. The maximum Gasteiger partial charge on any atom is 0.112 e. The van der Waals surface area contributed by atoms with Gasteiger partial charge in [0.2, 0.25) is 0 Å². The molecule has 0 unspecified atom stereocenters. The summed E-state index contributed by atoms with van der Waals surface area (Å²) in [6.07, 6.45) is 2.44. The first-order valence-electron chi connectivity index (χ1n) is 3.20. The van der Waals surface area contributed by atoms with Crippen molar-refractivity contribution in [3.05, 3.63) is 12.2 Å². The predicted octanol–water partition coefficient (Wildman–Crippen LogP) is -0.0775. The Labute approximate surface area is 66.6 Å². The third kappa shape index (κ3) is 8.78. The molecule has 0 bridgehead atoms. The molecule has 58 valence electrons. The molecule has 0 aliphatic carbocycles. The standard InChI is InChI=1S/C9H10O2/c1-9(11)7-5-3-2-4-6-8-10/h2-3,9-11H,8H2,1H3/b3-2-/t9-/m1/s1. The maximum atomic E-state index is 8.67. The van der Waals surface area contributed by atoms with Crippen molar-refractivity contribution in [2.24, 2.45) is 0 Å². The number of rotatable bonds is 0. The van der Waals surface area contributed by atoms with Crippen molar-refractivity contribution < 1.29 is 10.2 Å². The van der Waals surface area contributed by atoms with Crippen molar-refractivity contribution in [1.29, 1.82) is 0 Å². The Bertz CT molecular complexity index is 230. The summed E-state index contributed by atoms with van der Waals surface area (Å²) >= 11 is 0. The quantitative estimate of drug-likeness (QED) is 0.474. The second-order valence-electron chi connectivity index (χ2n) is 1.78. The van der Waals surface area contributed by atoms with E-state index in [0.717, 1.165) is 0 Å². The minimum Gasteiger partial charge on any atom is -0.384 e. The van der Waals surface area contributed by atoms with E-state index in [1.165, 1.54) is 12.2 Å². The van der Waals surface area contributed by atoms with Crippen LogP contribution >= 0.6 is 0 Å². The van der Waals surface area contributed by atoms with Crippen LogP contribution in [0.5, 0.6) is 0 Å². The van der Waals surface area contributed by atoms with Gasteiger partial charge in [0, 0.05) is 0 Å². The third-order valence-corrected chi connectivity index (χ3v) is 0.723. The maximum absolute atomic E-state index is 8.67. The fraction of sp³-hybridized carbons (Fsp3) is 0.333. The minimum absolute atomic E-state index is 0.145. The van der Waals surface area contributed by atoms with Crippen LogP contribution in [0.25, 0.3) is 0 Å². The average molecular weight is 150 g/mol. The summed E-state index contributed by atoms with van der Waals surface area (Å²) < 4.78 is 0. The van der Waals surface area contributed by atoms with E-state index in [1.54, 1.807) is 6.92 Å². The Morgan fingerprint density at radius 3 is 2.55 bits per heavy atom. The van der Waals surface area contributed by atoms with Gasteiger partial charge in [-0.15, -0.1) is 0 Å². The lowest BCUT2D eigenvalue weighted by Crippen LogP contribution is -1.91. The molecular formula is C9H10O2. The molecular weight excluding hydrogens is 140 g/mol. The van der Waals surface area contributed by atoms with E-state index in [0.29, 0.717) is 0 Å². The van der Waals surface area contributed by atoms with E-state index >= 15 is 0 Å². The molecule has 11 heavy (non-hydrogen) atoms. The molecule has 0 spiro atoms. The average Bonchev–Trinajstić information content (AvgIpc) is 1.96. The van der Waals surface area contributed by atoms with Gasteiger partial charge in [-0.05, 0) is 19.1 Å². The number of hydrogen-bond acceptors (Lipinski definition) is 2. The van der Waals surface area contributed by atoms with Gasteiger partial charge < -0.3 is 10.2 Å². The molecule has 1 atom stereocenters. The first-order chi connectivity index (χ1) is 5.27. The van der Waals surface area contributed by atoms with Crippen LogP contribution < -0.4 is 0 Å².